The van der Waals surface area contributed by atoms with Gasteiger partial charge < -0.3 is 10.2 Å². The summed E-state index contributed by atoms with van der Waals surface area (Å²) in [7, 11) is 0. The zero-order valence-corrected chi connectivity index (χ0v) is 11.9. The molecule has 0 aromatic heterocycles. The topological polar surface area (TPSA) is 35.6 Å². The highest BCUT2D eigenvalue weighted by atomic mass is 16.2. The quantitative estimate of drug-likeness (QED) is 0.833. The Morgan fingerprint density at radius 1 is 1.05 bits per heavy atom. The summed E-state index contributed by atoms with van der Waals surface area (Å²) in [5.74, 6) is 0.374. The van der Waals surface area contributed by atoms with Gasteiger partial charge in [-0.3, -0.25) is 9.69 Å². The van der Waals surface area contributed by atoms with Crippen molar-refractivity contribution >= 4 is 5.91 Å². The first-order valence-electron chi connectivity index (χ1n) is 8.08. The van der Waals surface area contributed by atoms with Gasteiger partial charge in [-0.05, 0) is 51.7 Å². The van der Waals surface area contributed by atoms with Crippen LogP contribution in [0, 0.1) is 0 Å². The van der Waals surface area contributed by atoms with Gasteiger partial charge in [0.25, 0.3) is 0 Å². The molecule has 3 aliphatic rings. The second-order valence-corrected chi connectivity index (χ2v) is 6.38. The number of rotatable bonds is 3. The number of likely N-dealkylation sites (tertiary alicyclic amines) is 2. The Bertz CT molecular complexity index is 309. The molecule has 1 N–H and O–H groups in total. The standard InChI is InChI=1S/C15H27N3O/c19-15(11-13-5-4-7-16-13)18-10-6-14(12-18)17-8-2-1-3-9-17/h13-14,16H,1-12H2. The van der Waals surface area contributed by atoms with E-state index in [0.29, 0.717) is 24.4 Å². The van der Waals surface area contributed by atoms with E-state index in [0.717, 1.165) is 19.6 Å². The number of hydrogen-bond donors (Lipinski definition) is 1. The highest BCUT2D eigenvalue weighted by Crippen LogP contribution is 2.21. The van der Waals surface area contributed by atoms with Crippen molar-refractivity contribution in [3.63, 3.8) is 0 Å². The van der Waals surface area contributed by atoms with Gasteiger partial charge >= 0.3 is 0 Å². The zero-order valence-electron chi connectivity index (χ0n) is 11.9. The average molecular weight is 265 g/mol. The molecule has 3 heterocycles. The molecule has 0 radical (unpaired) electrons. The van der Waals surface area contributed by atoms with Gasteiger partial charge in [0.05, 0.1) is 0 Å². The maximum Gasteiger partial charge on any atom is 0.224 e. The van der Waals surface area contributed by atoms with Gasteiger partial charge in [0.15, 0.2) is 0 Å². The van der Waals surface area contributed by atoms with E-state index in [1.54, 1.807) is 0 Å². The van der Waals surface area contributed by atoms with Gasteiger partial charge in [0.1, 0.15) is 0 Å². The van der Waals surface area contributed by atoms with Crippen molar-refractivity contribution in [3.8, 4) is 0 Å². The summed E-state index contributed by atoms with van der Waals surface area (Å²) in [5, 5.41) is 3.43. The molecule has 0 bridgehead atoms. The van der Waals surface area contributed by atoms with Crippen molar-refractivity contribution in [2.45, 2.75) is 57.0 Å². The molecule has 0 spiro atoms. The Kier molecular flexibility index (Phi) is 4.38. The van der Waals surface area contributed by atoms with Crippen LogP contribution in [0.25, 0.3) is 0 Å². The van der Waals surface area contributed by atoms with Gasteiger partial charge in [-0.2, -0.15) is 0 Å². The van der Waals surface area contributed by atoms with E-state index in [1.165, 1.54) is 51.6 Å². The van der Waals surface area contributed by atoms with Crippen LogP contribution in [-0.2, 0) is 4.79 Å². The van der Waals surface area contributed by atoms with E-state index in [9.17, 15) is 4.79 Å². The van der Waals surface area contributed by atoms with Crippen molar-refractivity contribution in [1.29, 1.82) is 0 Å². The Morgan fingerprint density at radius 2 is 1.89 bits per heavy atom. The predicted octanol–water partition coefficient (Wildman–Crippen LogP) is 1.22. The van der Waals surface area contributed by atoms with Crippen LogP contribution in [0.1, 0.15) is 44.9 Å². The number of carbonyl (C=O) groups excluding carboxylic acids is 1. The zero-order chi connectivity index (χ0) is 13.1. The van der Waals surface area contributed by atoms with Crippen molar-refractivity contribution in [2.24, 2.45) is 0 Å². The fourth-order valence-electron chi connectivity index (χ4n) is 3.82. The second kappa shape index (κ2) is 6.23. The van der Waals surface area contributed by atoms with Gasteiger partial charge in [0, 0.05) is 31.6 Å². The van der Waals surface area contributed by atoms with Crippen LogP contribution in [-0.4, -0.2) is 60.5 Å². The number of carbonyl (C=O) groups is 1. The summed E-state index contributed by atoms with van der Waals surface area (Å²) in [6.07, 6.45) is 8.38. The molecule has 4 nitrogen and oxygen atoms in total. The monoisotopic (exact) mass is 265 g/mol. The lowest BCUT2D eigenvalue weighted by Crippen LogP contribution is -2.42. The van der Waals surface area contributed by atoms with Crippen LogP contribution in [0.15, 0.2) is 0 Å². The van der Waals surface area contributed by atoms with Gasteiger partial charge in [-0.25, -0.2) is 0 Å². The van der Waals surface area contributed by atoms with Crippen molar-refractivity contribution in [1.82, 2.24) is 15.1 Å². The van der Waals surface area contributed by atoms with E-state index in [-0.39, 0.29) is 0 Å². The predicted molar refractivity (Wildman–Crippen MR) is 76.1 cm³/mol. The molecule has 3 aliphatic heterocycles. The lowest BCUT2D eigenvalue weighted by atomic mass is 10.1. The lowest BCUT2D eigenvalue weighted by Gasteiger charge is -2.32. The summed E-state index contributed by atoms with van der Waals surface area (Å²) >= 11 is 0. The first kappa shape index (κ1) is 13.4. The average Bonchev–Trinajstić information content (AvgIpc) is 3.10. The van der Waals surface area contributed by atoms with Crippen LogP contribution in [0.2, 0.25) is 0 Å². The van der Waals surface area contributed by atoms with Crippen LogP contribution in [0.3, 0.4) is 0 Å². The van der Waals surface area contributed by atoms with Crippen LogP contribution >= 0.6 is 0 Å². The van der Waals surface area contributed by atoms with Crippen LogP contribution in [0.4, 0.5) is 0 Å². The van der Waals surface area contributed by atoms with E-state index in [4.69, 9.17) is 0 Å². The molecule has 0 aromatic carbocycles. The number of amides is 1. The highest BCUT2D eigenvalue weighted by Gasteiger charge is 2.31. The molecule has 2 unspecified atom stereocenters. The molecule has 1 amide bonds. The fourth-order valence-corrected chi connectivity index (χ4v) is 3.82. The summed E-state index contributed by atoms with van der Waals surface area (Å²) in [6.45, 7) is 5.54. The Morgan fingerprint density at radius 3 is 2.63 bits per heavy atom. The van der Waals surface area contributed by atoms with E-state index in [2.05, 4.69) is 15.1 Å². The molecule has 2 atom stereocenters. The summed E-state index contributed by atoms with van der Waals surface area (Å²) in [4.78, 5) is 17.0. The Labute approximate surface area is 116 Å². The van der Waals surface area contributed by atoms with Gasteiger partial charge in [-0.1, -0.05) is 6.42 Å². The molecule has 3 saturated heterocycles. The SMILES string of the molecule is O=C(CC1CCCN1)N1CCC(N2CCCCC2)C1. The smallest absolute Gasteiger partial charge is 0.224 e. The minimum Gasteiger partial charge on any atom is -0.341 e. The van der Waals surface area contributed by atoms with E-state index < -0.39 is 0 Å². The highest BCUT2D eigenvalue weighted by molar-refractivity contribution is 5.77. The Hall–Kier alpha value is -0.610. The van der Waals surface area contributed by atoms with Crippen LogP contribution < -0.4 is 5.32 Å². The maximum atomic E-state index is 12.3. The molecular formula is C15H27N3O. The molecule has 108 valence electrons. The van der Waals surface area contributed by atoms with Crippen LogP contribution in [0.5, 0.6) is 0 Å². The number of nitrogens with one attached hydrogen (secondary N) is 1. The summed E-state index contributed by atoms with van der Waals surface area (Å²) in [6, 6.07) is 1.09. The van der Waals surface area contributed by atoms with E-state index >= 15 is 0 Å². The molecule has 4 heteroatoms. The summed E-state index contributed by atoms with van der Waals surface area (Å²) in [5.41, 5.74) is 0. The number of piperidine rings is 1. The third-order valence-electron chi connectivity index (χ3n) is 5.01. The van der Waals surface area contributed by atoms with Crippen molar-refractivity contribution in [2.75, 3.05) is 32.7 Å². The normalized spacial score (nSPS) is 32.9. The molecule has 3 rings (SSSR count). The lowest BCUT2D eigenvalue weighted by molar-refractivity contribution is -0.130. The second-order valence-electron chi connectivity index (χ2n) is 6.38. The fraction of sp³-hybridized carbons (Fsp3) is 0.933. The van der Waals surface area contributed by atoms with Crippen molar-refractivity contribution in [3.05, 3.63) is 0 Å². The molecule has 0 aromatic rings. The Balaban J connectivity index is 1.46. The minimum atomic E-state index is 0.374. The summed E-state index contributed by atoms with van der Waals surface area (Å²) < 4.78 is 0. The third-order valence-corrected chi connectivity index (χ3v) is 5.01. The van der Waals surface area contributed by atoms with Gasteiger partial charge in [-0.15, -0.1) is 0 Å². The first-order chi connectivity index (χ1) is 9.33. The molecule has 19 heavy (non-hydrogen) atoms. The maximum absolute atomic E-state index is 12.3. The number of nitrogens with zero attached hydrogens (tertiary/aromatic N) is 2. The molecule has 0 aliphatic carbocycles. The van der Waals surface area contributed by atoms with Crippen molar-refractivity contribution < 1.29 is 4.79 Å². The first-order valence-corrected chi connectivity index (χ1v) is 8.08. The third kappa shape index (κ3) is 3.29. The molecular weight excluding hydrogens is 238 g/mol. The van der Waals surface area contributed by atoms with E-state index in [1.807, 2.05) is 0 Å². The van der Waals surface area contributed by atoms with Gasteiger partial charge in [0.2, 0.25) is 5.91 Å². The number of hydrogen-bond acceptors (Lipinski definition) is 3. The molecule has 0 saturated carbocycles. The largest absolute Gasteiger partial charge is 0.341 e. The minimum absolute atomic E-state index is 0.374. The molecule has 3 fully saturated rings.